The van der Waals surface area contributed by atoms with Gasteiger partial charge in [0.2, 0.25) is 0 Å². The molecular formula is C13H16FNO2. The molecule has 0 bridgehead atoms. The van der Waals surface area contributed by atoms with Crippen molar-refractivity contribution >= 4 is 5.97 Å². The first-order valence-corrected chi connectivity index (χ1v) is 5.83. The zero-order chi connectivity index (χ0) is 12.4. The highest BCUT2D eigenvalue weighted by atomic mass is 19.1. The van der Waals surface area contributed by atoms with Crippen LogP contribution < -0.4 is 0 Å². The third-order valence-electron chi connectivity index (χ3n) is 3.34. The first-order chi connectivity index (χ1) is 8.08. The lowest BCUT2D eigenvalue weighted by Gasteiger charge is -2.21. The van der Waals surface area contributed by atoms with Gasteiger partial charge in [0.15, 0.2) is 0 Å². The molecule has 1 aromatic rings. The summed E-state index contributed by atoms with van der Waals surface area (Å²) in [7, 11) is 0. The van der Waals surface area contributed by atoms with Crippen LogP contribution in [-0.2, 0) is 6.54 Å². The number of halogens is 1. The van der Waals surface area contributed by atoms with E-state index >= 15 is 0 Å². The summed E-state index contributed by atoms with van der Waals surface area (Å²) < 4.78 is 13.2. The summed E-state index contributed by atoms with van der Waals surface area (Å²) in [6, 6.07) is 4.85. The molecule has 17 heavy (non-hydrogen) atoms. The minimum Gasteiger partial charge on any atom is -0.478 e. The minimum atomic E-state index is -1.21. The fraction of sp³-hybridized carbons (Fsp3) is 0.462. The highest BCUT2D eigenvalue weighted by molar-refractivity contribution is 5.88. The van der Waals surface area contributed by atoms with Crippen LogP contribution in [0.4, 0.5) is 4.39 Å². The third kappa shape index (κ3) is 2.64. The quantitative estimate of drug-likeness (QED) is 0.878. The maximum absolute atomic E-state index is 13.2. The van der Waals surface area contributed by atoms with Crippen molar-refractivity contribution in [2.75, 3.05) is 6.54 Å². The number of hydrogen-bond acceptors (Lipinski definition) is 2. The van der Waals surface area contributed by atoms with Crippen LogP contribution >= 0.6 is 0 Å². The van der Waals surface area contributed by atoms with Crippen molar-refractivity contribution in [2.45, 2.75) is 32.4 Å². The molecule has 0 saturated carbocycles. The number of carbonyl (C=O) groups is 1. The van der Waals surface area contributed by atoms with Gasteiger partial charge in [0.25, 0.3) is 0 Å². The lowest BCUT2D eigenvalue weighted by molar-refractivity contribution is 0.0691. The second kappa shape index (κ2) is 4.84. The summed E-state index contributed by atoms with van der Waals surface area (Å²) in [5.74, 6) is -1.88. The molecule has 3 nitrogen and oxygen atoms in total. The number of rotatable bonds is 3. The van der Waals surface area contributed by atoms with Crippen molar-refractivity contribution in [1.29, 1.82) is 0 Å². The Balaban J connectivity index is 2.16. The SMILES string of the molecule is CC1CCCN1Cc1ccc(F)c(C(=O)O)c1. The average molecular weight is 237 g/mol. The fourth-order valence-corrected chi connectivity index (χ4v) is 2.30. The van der Waals surface area contributed by atoms with E-state index in [1.807, 2.05) is 0 Å². The predicted molar refractivity (Wildman–Crippen MR) is 62.5 cm³/mol. The Bertz CT molecular complexity index is 433. The van der Waals surface area contributed by atoms with Gasteiger partial charge in [-0.2, -0.15) is 0 Å². The Morgan fingerprint density at radius 3 is 2.94 bits per heavy atom. The number of nitrogens with zero attached hydrogens (tertiary/aromatic N) is 1. The van der Waals surface area contributed by atoms with Gasteiger partial charge in [-0.15, -0.1) is 0 Å². The Kier molecular flexibility index (Phi) is 3.43. The maximum Gasteiger partial charge on any atom is 0.338 e. The van der Waals surface area contributed by atoms with Crippen LogP contribution in [0.1, 0.15) is 35.7 Å². The van der Waals surface area contributed by atoms with Gasteiger partial charge in [0, 0.05) is 12.6 Å². The third-order valence-corrected chi connectivity index (χ3v) is 3.34. The van der Waals surface area contributed by atoms with Gasteiger partial charge in [0.1, 0.15) is 5.82 Å². The summed E-state index contributed by atoms with van der Waals surface area (Å²) in [4.78, 5) is 13.1. The summed E-state index contributed by atoms with van der Waals surface area (Å²) in [5.41, 5.74) is 0.618. The normalized spacial score (nSPS) is 20.7. The van der Waals surface area contributed by atoms with Crippen molar-refractivity contribution in [1.82, 2.24) is 4.90 Å². The number of aromatic carboxylic acids is 1. The first kappa shape index (κ1) is 12.0. The van der Waals surface area contributed by atoms with E-state index in [4.69, 9.17) is 5.11 Å². The van der Waals surface area contributed by atoms with Gasteiger partial charge in [-0.05, 0) is 44.0 Å². The zero-order valence-electron chi connectivity index (χ0n) is 9.82. The molecule has 0 aliphatic carbocycles. The topological polar surface area (TPSA) is 40.5 Å². The molecule has 0 spiro atoms. The predicted octanol–water partition coefficient (Wildman–Crippen LogP) is 2.51. The van der Waals surface area contributed by atoms with E-state index in [0.29, 0.717) is 12.6 Å². The molecule has 1 unspecified atom stereocenters. The summed E-state index contributed by atoms with van der Waals surface area (Å²) in [6.07, 6.45) is 2.35. The number of carboxylic acid groups (broad SMARTS) is 1. The number of likely N-dealkylation sites (tertiary alicyclic amines) is 1. The molecule has 0 amide bonds. The molecule has 2 rings (SSSR count). The highest BCUT2D eigenvalue weighted by Crippen LogP contribution is 2.20. The molecule has 0 radical (unpaired) electrons. The summed E-state index contributed by atoms with van der Waals surface area (Å²) in [5, 5.41) is 8.85. The molecule has 1 fully saturated rings. The molecular weight excluding hydrogens is 221 g/mol. The van der Waals surface area contributed by atoms with Gasteiger partial charge in [-0.3, -0.25) is 4.90 Å². The van der Waals surface area contributed by atoms with E-state index in [1.165, 1.54) is 25.0 Å². The Morgan fingerprint density at radius 2 is 2.35 bits per heavy atom. The molecule has 1 aliphatic rings. The number of carboxylic acids is 1. The van der Waals surface area contributed by atoms with Crippen LogP contribution in [-0.4, -0.2) is 28.6 Å². The monoisotopic (exact) mass is 237 g/mol. The molecule has 4 heteroatoms. The zero-order valence-corrected chi connectivity index (χ0v) is 9.82. The van der Waals surface area contributed by atoms with Gasteiger partial charge in [-0.25, -0.2) is 9.18 Å². The fourth-order valence-electron chi connectivity index (χ4n) is 2.30. The lowest BCUT2D eigenvalue weighted by atomic mass is 10.1. The van der Waals surface area contributed by atoms with Crippen molar-refractivity contribution in [3.05, 3.63) is 35.1 Å². The van der Waals surface area contributed by atoms with Crippen LogP contribution in [0.5, 0.6) is 0 Å². The second-order valence-corrected chi connectivity index (χ2v) is 4.58. The average Bonchev–Trinajstić information content (AvgIpc) is 2.67. The Hall–Kier alpha value is -1.42. The first-order valence-electron chi connectivity index (χ1n) is 5.83. The van der Waals surface area contributed by atoms with Crippen LogP contribution in [0.3, 0.4) is 0 Å². The van der Waals surface area contributed by atoms with E-state index in [0.717, 1.165) is 12.1 Å². The van der Waals surface area contributed by atoms with Gasteiger partial charge in [0.05, 0.1) is 5.56 Å². The Labute approximate surface area is 99.9 Å². The molecule has 1 N–H and O–H groups in total. The molecule has 1 aromatic carbocycles. The minimum absolute atomic E-state index is 0.241. The van der Waals surface area contributed by atoms with Crippen LogP contribution in [0.15, 0.2) is 18.2 Å². The molecule has 1 aliphatic heterocycles. The van der Waals surface area contributed by atoms with Crippen LogP contribution in [0, 0.1) is 5.82 Å². The largest absolute Gasteiger partial charge is 0.478 e. The van der Waals surface area contributed by atoms with Gasteiger partial charge >= 0.3 is 5.97 Å². The second-order valence-electron chi connectivity index (χ2n) is 4.58. The van der Waals surface area contributed by atoms with Crippen molar-refractivity contribution < 1.29 is 14.3 Å². The van der Waals surface area contributed by atoms with Crippen LogP contribution in [0.2, 0.25) is 0 Å². The van der Waals surface area contributed by atoms with E-state index in [1.54, 1.807) is 6.07 Å². The Morgan fingerprint density at radius 1 is 1.59 bits per heavy atom. The van der Waals surface area contributed by atoms with Crippen molar-refractivity contribution in [2.24, 2.45) is 0 Å². The van der Waals surface area contributed by atoms with Gasteiger partial charge < -0.3 is 5.11 Å². The van der Waals surface area contributed by atoms with Crippen molar-refractivity contribution in [3.63, 3.8) is 0 Å². The van der Waals surface area contributed by atoms with E-state index in [-0.39, 0.29) is 5.56 Å². The number of benzene rings is 1. The molecule has 1 heterocycles. The standard InChI is InChI=1S/C13H16FNO2/c1-9-3-2-6-15(9)8-10-4-5-12(14)11(7-10)13(16)17/h4-5,7,9H,2-3,6,8H2,1H3,(H,16,17). The van der Waals surface area contributed by atoms with E-state index in [2.05, 4.69) is 11.8 Å². The van der Waals surface area contributed by atoms with Crippen LogP contribution in [0.25, 0.3) is 0 Å². The smallest absolute Gasteiger partial charge is 0.338 e. The molecule has 92 valence electrons. The van der Waals surface area contributed by atoms with Crippen molar-refractivity contribution in [3.8, 4) is 0 Å². The van der Waals surface area contributed by atoms with Gasteiger partial charge in [-0.1, -0.05) is 6.07 Å². The number of hydrogen-bond donors (Lipinski definition) is 1. The molecule has 0 aromatic heterocycles. The summed E-state index contributed by atoms with van der Waals surface area (Å²) in [6.45, 7) is 3.89. The molecule has 1 saturated heterocycles. The van der Waals surface area contributed by atoms with E-state index in [9.17, 15) is 9.18 Å². The maximum atomic E-state index is 13.2. The van der Waals surface area contributed by atoms with E-state index < -0.39 is 11.8 Å². The molecule has 1 atom stereocenters. The highest BCUT2D eigenvalue weighted by Gasteiger charge is 2.20. The summed E-state index contributed by atoms with van der Waals surface area (Å²) >= 11 is 0. The lowest BCUT2D eigenvalue weighted by Crippen LogP contribution is -2.26.